The second-order valence-electron chi connectivity index (χ2n) is 9.99. The molecule has 0 atom stereocenters. The van der Waals surface area contributed by atoms with Crippen LogP contribution in [0.4, 0.5) is 17.3 Å². The van der Waals surface area contributed by atoms with Crippen LogP contribution in [0.25, 0.3) is 21.6 Å². The summed E-state index contributed by atoms with van der Waals surface area (Å²) in [7, 11) is 1.30. The maximum absolute atomic E-state index is 13.8. The zero-order valence-corrected chi connectivity index (χ0v) is 23.9. The molecule has 1 saturated heterocycles. The Hall–Kier alpha value is -4.68. The number of hydrazine groups is 1. The fraction of sp³-hybridized carbons (Fsp3) is 0.267. The number of carbonyl (C=O) groups excluding carboxylic acids is 2. The molecule has 11 nitrogen and oxygen atoms in total. The molecule has 216 valence electrons. The van der Waals surface area contributed by atoms with Gasteiger partial charge in [0.1, 0.15) is 11.6 Å². The summed E-state index contributed by atoms with van der Waals surface area (Å²) in [5.41, 5.74) is 9.12. The zero-order valence-electron chi connectivity index (χ0n) is 23.0. The summed E-state index contributed by atoms with van der Waals surface area (Å²) in [6.45, 7) is 2.16. The molecule has 0 amide bonds. The minimum Gasteiger partial charge on any atom is -0.493 e. The van der Waals surface area contributed by atoms with Gasteiger partial charge >= 0.3 is 11.9 Å². The number of fused-ring (bicyclic) bond motifs is 3. The number of anilines is 3. The van der Waals surface area contributed by atoms with Crippen LogP contribution < -0.4 is 26.4 Å². The van der Waals surface area contributed by atoms with Crippen molar-refractivity contribution in [2.24, 2.45) is 5.84 Å². The summed E-state index contributed by atoms with van der Waals surface area (Å²) in [6.07, 6.45) is 5.47. The molecule has 4 aromatic rings. The summed E-state index contributed by atoms with van der Waals surface area (Å²) in [4.78, 5) is 44.5. The third kappa shape index (κ3) is 5.21. The second-order valence-corrected chi connectivity index (χ2v) is 10.9. The van der Waals surface area contributed by atoms with Crippen LogP contribution in [0.1, 0.15) is 45.7 Å². The Morgan fingerprint density at radius 3 is 2.67 bits per heavy atom. The van der Waals surface area contributed by atoms with E-state index in [1.165, 1.54) is 13.3 Å². The Balaban J connectivity index is 1.49. The molecule has 1 fully saturated rings. The summed E-state index contributed by atoms with van der Waals surface area (Å²) in [5.74, 6) is 6.01. The molecule has 0 bridgehead atoms. The number of rotatable bonds is 6. The largest absolute Gasteiger partial charge is 0.493 e. The number of nitrogen functional groups attached to an aromatic ring is 1. The molecule has 4 N–H and O–H groups in total. The molecule has 3 aromatic heterocycles. The van der Waals surface area contributed by atoms with E-state index < -0.39 is 11.9 Å². The Labute approximate surface area is 246 Å². The van der Waals surface area contributed by atoms with E-state index in [1.807, 2.05) is 11.4 Å². The predicted molar refractivity (Wildman–Crippen MR) is 160 cm³/mol. The van der Waals surface area contributed by atoms with Crippen LogP contribution >= 0.6 is 11.3 Å². The third-order valence-electron chi connectivity index (χ3n) is 7.40. The van der Waals surface area contributed by atoms with Crippen molar-refractivity contribution < 1.29 is 23.9 Å². The predicted octanol–water partition coefficient (Wildman–Crippen LogP) is 4.62. The van der Waals surface area contributed by atoms with Crippen molar-refractivity contribution in [2.75, 3.05) is 42.6 Å². The molecule has 12 heteroatoms. The number of thiophene rings is 1. The zero-order chi connectivity index (χ0) is 29.2. The summed E-state index contributed by atoms with van der Waals surface area (Å²) in [6, 6.07) is 12.4. The molecule has 1 aromatic carbocycles. The van der Waals surface area contributed by atoms with Crippen molar-refractivity contribution in [3.8, 4) is 27.3 Å². The van der Waals surface area contributed by atoms with Crippen LogP contribution in [-0.4, -0.2) is 48.7 Å². The molecule has 0 unspecified atom stereocenters. The van der Waals surface area contributed by atoms with Gasteiger partial charge in [-0.25, -0.2) is 25.4 Å². The maximum Gasteiger partial charge on any atom is 0.365 e. The minimum absolute atomic E-state index is 0.0776. The van der Waals surface area contributed by atoms with Gasteiger partial charge in [-0.05, 0) is 72.7 Å². The number of hydrogen-bond acceptors (Lipinski definition) is 12. The molecule has 0 radical (unpaired) electrons. The first kappa shape index (κ1) is 27.5. The summed E-state index contributed by atoms with van der Waals surface area (Å²) >= 11 is 1.56. The number of esters is 1. The van der Waals surface area contributed by atoms with Crippen molar-refractivity contribution in [1.29, 1.82) is 0 Å². The lowest BCUT2D eigenvalue weighted by atomic mass is 9.94. The molecule has 2 aliphatic rings. The number of carbonyl (C=O) groups is 2. The van der Waals surface area contributed by atoms with Crippen LogP contribution in [0.3, 0.4) is 0 Å². The number of nitrogens with two attached hydrogens (primary N) is 2. The van der Waals surface area contributed by atoms with Crippen molar-refractivity contribution in [1.82, 2.24) is 9.97 Å². The molecule has 0 spiro atoms. The van der Waals surface area contributed by atoms with Crippen LogP contribution in [0.5, 0.6) is 5.75 Å². The third-order valence-corrected chi connectivity index (χ3v) is 8.39. The lowest BCUT2D eigenvalue weighted by molar-refractivity contribution is 0.0447. The molecule has 5 heterocycles. The van der Waals surface area contributed by atoms with Crippen molar-refractivity contribution in [2.45, 2.75) is 25.7 Å². The first-order valence-corrected chi connectivity index (χ1v) is 14.5. The van der Waals surface area contributed by atoms with Gasteiger partial charge in [-0.15, -0.1) is 16.5 Å². The lowest BCUT2D eigenvalue weighted by Crippen LogP contribution is -2.35. The number of hydrogen-bond donors (Lipinski definition) is 2. The Morgan fingerprint density at radius 1 is 1.05 bits per heavy atom. The first-order chi connectivity index (χ1) is 20.4. The average Bonchev–Trinajstić information content (AvgIpc) is 3.42. The Kier molecular flexibility index (Phi) is 7.64. The number of benzene rings is 1. The minimum atomic E-state index is -0.779. The number of aromatic nitrogens is 2. The normalized spacial score (nSPS) is 14.2. The van der Waals surface area contributed by atoms with E-state index in [0.717, 1.165) is 59.9 Å². The highest BCUT2D eigenvalue weighted by molar-refractivity contribution is 7.13. The van der Waals surface area contributed by atoms with Gasteiger partial charge in [0, 0.05) is 47.3 Å². The number of methoxy groups -OCH3 is 1. The molecule has 6 rings (SSSR count). The van der Waals surface area contributed by atoms with Crippen LogP contribution in [-0.2, 0) is 16.0 Å². The molecule has 2 aliphatic heterocycles. The molecular weight excluding hydrogens is 556 g/mol. The number of nitrogens with zero attached hydrogens (tertiary/aromatic N) is 4. The summed E-state index contributed by atoms with van der Waals surface area (Å²) < 4.78 is 11.3. The van der Waals surface area contributed by atoms with Gasteiger partial charge in [0.15, 0.2) is 5.69 Å². The molecular formula is C30H30N6O5S. The van der Waals surface area contributed by atoms with Crippen molar-refractivity contribution in [3.63, 3.8) is 0 Å². The van der Waals surface area contributed by atoms with Gasteiger partial charge in [-0.3, -0.25) is 0 Å². The number of ether oxygens (including phenoxy) is 2. The van der Waals surface area contributed by atoms with Gasteiger partial charge in [0.25, 0.3) is 0 Å². The van der Waals surface area contributed by atoms with E-state index in [0.29, 0.717) is 29.3 Å². The van der Waals surface area contributed by atoms with Gasteiger partial charge in [-0.1, -0.05) is 0 Å². The number of piperidine rings is 1. The van der Waals surface area contributed by atoms with Crippen LogP contribution in [0, 0.1) is 0 Å². The molecule has 0 aliphatic carbocycles. The topological polar surface area (TPSA) is 146 Å². The van der Waals surface area contributed by atoms with Gasteiger partial charge in [0.05, 0.1) is 25.0 Å². The fourth-order valence-corrected chi connectivity index (χ4v) is 6.28. The quantitative estimate of drug-likeness (QED) is 0.185. The van der Waals surface area contributed by atoms with Gasteiger partial charge in [0.2, 0.25) is 5.82 Å². The summed E-state index contributed by atoms with van der Waals surface area (Å²) in [5, 5.41) is 2.74. The monoisotopic (exact) mass is 586 g/mol. The van der Waals surface area contributed by atoms with E-state index in [-0.39, 0.29) is 22.8 Å². The molecule has 0 saturated carbocycles. The van der Waals surface area contributed by atoms with E-state index in [9.17, 15) is 9.59 Å². The van der Waals surface area contributed by atoms with Crippen molar-refractivity contribution in [3.05, 3.63) is 70.9 Å². The van der Waals surface area contributed by atoms with Crippen LogP contribution in [0.2, 0.25) is 0 Å². The molecule has 42 heavy (non-hydrogen) atoms. The highest BCUT2D eigenvalue weighted by Crippen LogP contribution is 2.43. The smallest absolute Gasteiger partial charge is 0.365 e. The highest BCUT2D eigenvalue weighted by atomic mass is 32.1. The first-order valence-electron chi connectivity index (χ1n) is 13.6. The van der Waals surface area contributed by atoms with E-state index in [4.69, 9.17) is 30.9 Å². The van der Waals surface area contributed by atoms with Crippen LogP contribution in [0.15, 0.2) is 54.0 Å². The second kappa shape index (κ2) is 11.7. The fourth-order valence-electron chi connectivity index (χ4n) is 5.30. The number of pyridine rings is 2. The van der Waals surface area contributed by atoms with Crippen molar-refractivity contribution >= 4 is 40.6 Å². The Morgan fingerprint density at radius 2 is 1.88 bits per heavy atom. The standard InChI is InChI=1S/C30H30N6O5S/c1-39-30(38)26-19(7-8-25(34-26)35-12-3-2-4-13-35)20-17-24-22(27-18(9-14-40-24)10-15-42-27)16-21(20)29(37)41-36(32)28-23(31)6-5-11-33-28/h5-8,10-11,15-17H,2-4,9,12-14,31-32H2,1H3. The SMILES string of the molecule is COC(=O)c1nc(N2CCCCC2)ccc1-c1cc2c(cc1C(=O)ON(N)c1ncccc1N)-c1sccc1CCO2. The van der Waals surface area contributed by atoms with Gasteiger partial charge < -0.3 is 24.9 Å². The van der Waals surface area contributed by atoms with E-state index in [1.54, 1.807) is 41.7 Å². The average molecular weight is 587 g/mol. The van der Waals surface area contributed by atoms with Gasteiger partial charge in [-0.2, -0.15) is 0 Å². The lowest BCUT2D eigenvalue weighted by Gasteiger charge is -2.28. The van der Waals surface area contributed by atoms with E-state index in [2.05, 4.69) is 16.0 Å². The Bertz CT molecular complexity index is 1650. The maximum atomic E-state index is 13.8. The van der Waals surface area contributed by atoms with E-state index >= 15 is 0 Å². The highest BCUT2D eigenvalue weighted by Gasteiger charge is 2.28.